The average Bonchev–Trinajstić information content (AvgIpc) is 2.48. The molecular weight excluding hydrogens is 319 g/mol. The first-order valence-corrected chi connectivity index (χ1v) is 8.98. The molecule has 0 aliphatic rings. The van der Waals surface area contributed by atoms with E-state index in [1.807, 2.05) is 19.1 Å². The Hall–Kier alpha value is -1.69. The Morgan fingerprint density at radius 1 is 1.22 bits per heavy atom. The molecule has 0 aliphatic carbocycles. The largest absolute Gasteiger partial charge is 0.462 e. The number of hydrogen-bond donors (Lipinski definition) is 1. The van der Waals surface area contributed by atoms with Crippen LogP contribution in [0, 0.1) is 6.92 Å². The number of rotatable bonds is 9. The van der Waals surface area contributed by atoms with Gasteiger partial charge in [0, 0.05) is 11.9 Å². The molecule has 7 nitrogen and oxygen atoms in total. The van der Waals surface area contributed by atoms with E-state index in [9.17, 15) is 9.36 Å². The monoisotopic (exact) mass is 342 g/mol. The zero-order chi connectivity index (χ0) is 17.3. The minimum atomic E-state index is -3.77. The van der Waals surface area contributed by atoms with Crippen molar-refractivity contribution < 1.29 is 23.1 Å². The third-order valence-electron chi connectivity index (χ3n) is 2.62. The lowest BCUT2D eigenvalue weighted by molar-refractivity contribution is -0.137. The SMILES string of the molecule is CCOC(=O)/C(=C/Nc1cccc(C)n1)P(=O)(OCC)OCC. The van der Waals surface area contributed by atoms with Crippen LogP contribution in [0.1, 0.15) is 26.5 Å². The first-order chi connectivity index (χ1) is 11.0. The number of aryl methyl sites for hydroxylation is 1. The number of esters is 1. The van der Waals surface area contributed by atoms with Crippen LogP contribution in [-0.4, -0.2) is 30.8 Å². The van der Waals surface area contributed by atoms with Crippen LogP contribution >= 0.6 is 7.60 Å². The molecule has 1 aromatic rings. The molecule has 0 aliphatic heterocycles. The summed E-state index contributed by atoms with van der Waals surface area (Å²) < 4.78 is 28.2. The molecule has 0 spiro atoms. The van der Waals surface area contributed by atoms with Crippen LogP contribution in [0.5, 0.6) is 0 Å². The summed E-state index contributed by atoms with van der Waals surface area (Å²) >= 11 is 0. The maximum absolute atomic E-state index is 12.8. The highest BCUT2D eigenvalue weighted by atomic mass is 31.2. The van der Waals surface area contributed by atoms with Gasteiger partial charge < -0.3 is 19.1 Å². The fraction of sp³-hybridized carbons (Fsp3) is 0.467. The van der Waals surface area contributed by atoms with Gasteiger partial charge in [-0.3, -0.25) is 4.57 Å². The number of pyridine rings is 1. The predicted molar refractivity (Wildman–Crippen MR) is 88.2 cm³/mol. The third kappa shape index (κ3) is 5.78. The summed E-state index contributed by atoms with van der Waals surface area (Å²) in [7, 11) is -3.77. The molecule has 0 atom stereocenters. The van der Waals surface area contributed by atoms with Crippen molar-refractivity contribution in [2.24, 2.45) is 0 Å². The quantitative estimate of drug-likeness (QED) is 0.418. The minimum absolute atomic E-state index is 0.136. The Morgan fingerprint density at radius 3 is 2.39 bits per heavy atom. The second kappa shape index (κ2) is 9.45. The van der Waals surface area contributed by atoms with Crippen molar-refractivity contribution in [3.05, 3.63) is 35.4 Å². The molecule has 0 saturated heterocycles. The van der Waals surface area contributed by atoms with Gasteiger partial charge in [-0.05, 0) is 39.8 Å². The summed E-state index contributed by atoms with van der Waals surface area (Å²) in [6, 6.07) is 5.37. The van der Waals surface area contributed by atoms with Crippen LogP contribution in [0.15, 0.2) is 29.7 Å². The summed E-state index contributed by atoms with van der Waals surface area (Å²) in [4.78, 5) is 16.4. The van der Waals surface area contributed by atoms with Gasteiger partial charge in [0.2, 0.25) is 0 Å². The predicted octanol–water partition coefficient (Wildman–Crippen LogP) is 3.47. The van der Waals surface area contributed by atoms with Gasteiger partial charge in [-0.15, -0.1) is 0 Å². The maximum Gasteiger partial charge on any atom is 0.370 e. The Labute approximate surface area is 136 Å². The van der Waals surface area contributed by atoms with Crippen molar-refractivity contribution in [3.8, 4) is 0 Å². The normalized spacial score (nSPS) is 12.1. The summed E-state index contributed by atoms with van der Waals surface area (Å²) in [6.45, 7) is 7.27. The Bertz CT molecular complexity index is 593. The van der Waals surface area contributed by atoms with E-state index < -0.39 is 13.6 Å². The summed E-state index contributed by atoms with van der Waals surface area (Å²) in [6.07, 6.45) is 1.27. The summed E-state index contributed by atoms with van der Waals surface area (Å²) in [5.41, 5.74) is 0.805. The summed E-state index contributed by atoms with van der Waals surface area (Å²) in [5, 5.41) is 2.65. The molecule has 0 bridgehead atoms. The van der Waals surface area contributed by atoms with Crippen LogP contribution in [0.3, 0.4) is 0 Å². The molecule has 0 amide bonds. The van der Waals surface area contributed by atoms with Crippen molar-refractivity contribution in [2.45, 2.75) is 27.7 Å². The van der Waals surface area contributed by atoms with E-state index in [2.05, 4.69) is 10.3 Å². The lowest BCUT2D eigenvalue weighted by Crippen LogP contribution is -2.13. The van der Waals surface area contributed by atoms with Gasteiger partial charge >= 0.3 is 13.6 Å². The number of anilines is 1. The van der Waals surface area contributed by atoms with E-state index in [0.29, 0.717) is 5.82 Å². The fourth-order valence-electron chi connectivity index (χ4n) is 1.74. The molecule has 0 saturated carbocycles. The molecule has 1 heterocycles. The molecule has 8 heteroatoms. The van der Waals surface area contributed by atoms with Crippen LogP contribution in [-0.2, 0) is 23.1 Å². The second-order valence-corrected chi connectivity index (χ2v) is 6.38. The molecule has 0 fully saturated rings. The Morgan fingerprint density at radius 2 is 1.87 bits per heavy atom. The molecule has 0 aromatic carbocycles. The van der Waals surface area contributed by atoms with Gasteiger partial charge in [0.15, 0.2) is 5.31 Å². The molecule has 0 radical (unpaired) electrons. The number of nitrogens with one attached hydrogen (secondary N) is 1. The Balaban J connectivity index is 3.14. The average molecular weight is 342 g/mol. The van der Waals surface area contributed by atoms with Crippen LogP contribution in [0.4, 0.5) is 5.82 Å². The van der Waals surface area contributed by atoms with E-state index >= 15 is 0 Å². The van der Waals surface area contributed by atoms with Gasteiger partial charge in [-0.2, -0.15) is 0 Å². The van der Waals surface area contributed by atoms with Gasteiger partial charge in [-0.25, -0.2) is 9.78 Å². The van der Waals surface area contributed by atoms with Crippen LogP contribution in [0.25, 0.3) is 0 Å². The molecule has 0 unspecified atom stereocenters. The lowest BCUT2D eigenvalue weighted by atomic mass is 10.4. The van der Waals surface area contributed by atoms with E-state index in [1.54, 1.807) is 26.8 Å². The topological polar surface area (TPSA) is 86.8 Å². The third-order valence-corrected chi connectivity index (χ3v) is 4.72. The van der Waals surface area contributed by atoms with E-state index in [-0.39, 0.29) is 25.1 Å². The number of hydrogen-bond acceptors (Lipinski definition) is 7. The lowest BCUT2D eigenvalue weighted by Gasteiger charge is -2.19. The molecule has 128 valence electrons. The highest BCUT2D eigenvalue weighted by Gasteiger charge is 2.36. The standard InChI is InChI=1S/C15H23N2O5P/c1-5-20-15(18)13(23(19,21-6-2)22-7-3)11-16-14-10-8-9-12(4)17-14/h8-11H,5-7H2,1-4H3,(H,16,17)/b13-11-. The zero-order valence-electron chi connectivity index (χ0n) is 13.9. The van der Waals surface area contributed by atoms with Gasteiger partial charge in [0.1, 0.15) is 5.82 Å². The number of aromatic nitrogens is 1. The zero-order valence-corrected chi connectivity index (χ0v) is 14.8. The molecule has 23 heavy (non-hydrogen) atoms. The van der Waals surface area contributed by atoms with Crippen LogP contribution in [0.2, 0.25) is 0 Å². The van der Waals surface area contributed by atoms with Gasteiger partial charge in [0.25, 0.3) is 0 Å². The highest BCUT2D eigenvalue weighted by molar-refractivity contribution is 7.59. The van der Waals surface area contributed by atoms with Crippen molar-refractivity contribution >= 4 is 19.4 Å². The summed E-state index contributed by atoms with van der Waals surface area (Å²) in [5.74, 6) is -0.246. The smallest absolute Gasteiger partial charge is 0.370 e. The van der Waals surface area contributed by atoms with Crippen molar-refractivity contribution in [1.82, 2.24) is 4.98 Å². The van der Waals surface area contributed by atoms with Gasteiger partial charge in [0.05, 0.1) is 19.8 Å². The maximum atomic E-state index is 12.8. The molecule has 1 rings (SSSR count). The van der Waals surface area contributed by atoms with Gasteiger partial charge in [-0.1, -0.05) is 6.07 Å². The van der Waals surface area contributed by atoms with Crippen molar-refractivity contribution in [2.75, 3.05) is 25.1 Å². The molecule has 1 N–H and O–H groups in total. The number of carbonyl (C=O) groups is 1. The van der Waals surface area contributed by atoms with E-state index in [0.717, 1.165) is 5.69 Å². The first kappa shape index (κ1) is 19.4. The number of nitrogens with zero attached hydrogens (tertiary/aromatic N) is 1. The van der Waals surface area contributed by atoms with E-state index in [4.69, 9.17) is 13.8 Å². The van der Waals surface area contributed by atoms with Crippen molar-refractivity contribution in [1.29, 1.82) is 0 Å². The molecular formula is C15H23N2O5P. The first-order valence-electron chi connectivity index (χ1n) is 7.44. The number of carbonyl (C=O) groups excluding carboxylic acids is 1. The second-order valence-electron chi connectivity index (χ2n) is 4.39. The number of ether oxygens (including phenoxy) is 1. The Kier molecular flexibility index (Phi) is 7.95. The minimum Gasteiger partial charge on any atom is -0.462 e. The highest BCUT2D eigenvalue weighted by Crippen LogP contribution is 2.56. The fourth-order valence-corrected chi connectivity index (χ4v) is 3.28. The van der Waals surface area contributed by atoms with E-state index in [1.165, 1.54) is 6.20 Å². The van der Waals surface area contributed by atoms with Crippen molar-refractivity contribution in [3.63, 3.8) is 0 Å². The van der Waals surface area contributed by atoms with Crippen LogP contribution < -0.4 is 5.32 Å². The molecule has 1 aromatic heterocycles.